The lowest BCUT2D eigenvalue weighted by molar-refractivity contribution is -0.240. The summed E-state index contributed by atoms with van der Waals surface area (Å²) in [5.74, 6) is -0.701. The van der Waals surface area contributed by atoms with Crippen molar-refractivity contribution in [2.24, 2.45) is 0 Å². The van der Waals surface area contributed by atoms with E-state index >= 15 is 0 Å². The van der Waals surface area contributed by atoms with Crippen LogP contribution in [0.25, 0.3) is 0 Å². The molecule has 4 rings (SSSR count). The molecule has 0 N–H and O–H groups in total. The number of carbonyl (C=O) groups excluding carboxylic acids is 1. The van der Waals surface area contributed by atoms with Crippen LogP contribution >= 0.6 is 0 Å². The van der Waals surface area contributed by atoms with Gasteiger partial charge in [0.05, 0.1) is 12.6 Å². The van der Waals surface area contributed by atoms with Crippen LogP contribution in [0.3, 0.4) is 0 Å². The Morgan fingerprint density at radius 2 is 1.54 bits per heavy atom. The molecule has 7 heteroatoms. The molecule has 2 aromatic rings. The first kappa shape index (κ1) is 17.1. The molecule has 0 aliphatic carbocycles. The summed E-state index contributed by atoms with van der Waals surface area (Å²) < 4.78 is 50.6. The van der Waals surface area contributed by atoms with E-state index in [1.165, 1.54) is 0 Å². The zero-order chi connectivity index (χ0) is 18.3. The highest BCUT2D eigenvalue weighted by Gasteiger charge is 2.58. The minimum atomic E-state index is -4.67. The van der Waals surface area contributed by atoms with Gasteiger partial charge in [0, 0.05) is 0 Å². The Kier molecular flexibility index (Phi) is 4.20. The molecule has 2 unspecified atom stereocenters. The first-order valence-corrected chi connectivity index (χ1v) is 8.22. The van der Waals surface area contributed by atoms with Crippen molar-refractivity contribution in [2.75, 3.05) is 6.61 Å². The number of benzene rings is 2. The van der Waals surface area contributed by atoms with Gasteiger partial charge in [0.15, 0.2) is 6.10 Å². The fourth-order valence-electron chi connectivity index (χ4n) is 3.30. The average Bonchev–Trinajstić information content (AvgIpc) is 3.31. The van der Waals surface area contributed by atoms with Gasteiger partial charge in [-0.05, 0) is 11.1 Å². The molecule has 2 saturated heterocycles. The first-order chi connectivity index (χ1) is 12.5. The van der Waals surface area contributed by atoms with E-state index in [1.807, 2.05) is 6.07 Å². The van der Waals surface area contributed by atoms with E-state index in [0.29, 0.717) is 5.56 Å². The molecule has 2 fully saturated rings. The third-order valence-corrected chi connectivity index (χ3v) is 4.58. The second-order valence-electron chi connectivity index (χ2n) is 6.29. The number of amides is 1. The highest BCUT2D eigenvalue weighted by atomic mass is 19.4. The largest absolute Gasteiger partial charge is 0.433 e. The molecule has 0 bridgehead atoms. The smallest absolute Gasteiger partial charge is 0.354 e. The quantitative estimate of drug-likeness (QED) is 0.783. The number of nitrogens with zero attached hydrogens (tertiary/aromatic N) is 1. The molecule has 2 aromatic carbocycles. The van der Waals surface area contributed by atoms with Crippen LogP contribution in [0.1, 0.15) is 23.3 Å². The second-order valence-corrected chi connectivity index (χ2v) is 6.29. The van der Waals surface area contributed by atoms with Crippen molar-refractivity contribution >= 4 is 5.91 Å². The van der Waals surface area contributed by atoms with E-state index in [0.717, 1.165) is 10.5 Å². The van der Waals surface area contributed by atoms with Crippen molar-refractivity contribution in [3.8, 4) is 0 Å². The van der Waals surface area contributed by atoms with Gasteiger partial charge in [-0.25, -0.2) is 0 Å². The van der Waals surface area contributed by atoms with Crippen LogP contribution in [0.2, 0.25) is 0 Å². The third kappa shape index (κ3) is 3.08. The van der Waals surface area contributed by atoms with Crippen molar-refractivity contribution < 1.29 is 27.4 Å². The Morgan fingerprint density at radius 1 is 0.962 bits per heavy atom. The summed E-state index contributed by atoms with van der Waals surface area (Å²) in [6, 6.07) is 16.8. The van der Waals surface area contributed by atoms with Crippen LogP contribution in [0.4, 0.5) is 13.2 Å². The monoisotopic (exact) mass is 363 g/mol. The zero-order valence-corrected chi connectivity index (χ0v) is 13.6. The molecular formula is C19H16F3NO3. The van der Waals surface area contributed by atoms with E-state index in [-0.39, 0.29) is 6.61 Å². The van der Waals surface area contributed by atoms with Crippen molar-refractivity contribution in [1.29, 1.82) is 0 Å². The summed E-state index contributed by atoms with van der Waals surface area (Å²) in [6.45, 7) is -0.206. The standard InChI is InChI=1S/C19H16F3NO3/c20-19(21,22)18-23(14(11-25-18)12-7-3-1-4-8-12)17(24)16-15(26-16)13-9-5-2-6-10-13/h1-10,14-16,18H,11H2/t14-,15?,16?,18+/m0/s1. The molecule has 2 aliphatic rings. The van der Waals surface area contributed by atoms with E-state index in [2.05, 4.69) is 0 Å². The molecular weight excluding hydrogens is 347 g/mol. The van der Waals surface area contributed by atoms with Gasteiger partial charge in [0.25, 0.3) is 5.91 Å². The SMILES string of the molecule is O=C(C1OC1c1ccccc1)N1[C@H](c2ccccc2)CO[C@@H]1C(F)(F)F. The van der Waals surface area contributed by atoms with Crippen LogP contribution in [0.5, 0.6) is 0 Å². The summed E-state index contributed by atoms with van der Waals surface area (Å²) >= 11 is 0. The van der Waals surface area contributed by atoms with E-state index in [4.69, 9.17) is 9.47 Å². The molecule has 2 aliphatic heterocycles. The third-order valence-electron chi connectivity index (χ3n) is 4.58. The minimum Gasteiger partial charge on any atom is -0.354 e. The number of epoxide rings is 1. The van der Waals surface area contributed by atoms with E-state index < -0.39 is 36.6 Å². The highest BCUT2D eigenvalue weighted by Crippen LogP contribution is 2.45. The van der Waals surface area contributed by atoms with Gasteiger partial charge in [-0.15, -0.1) is 0 Å². The normalized spacial score (nSPS) is 28.2. The molecule has 136 valence electrons. The number of halogens is 3. The number of hydrogen-bond donors (Lipinski definition) is 0. The molecule has 0 radical (unpaired) electrons. The Bertz CT molecular complexity index is 782. The second kappa shape index (κ2) is 6.41. The summed E-state index contributed by atoms with van der Waals surface area (Å²) in [4.78, 5) is 13.6. The maximum atomic E-state index is 13.4. The summed E-state index contributed by atoms with van der Waals surface area (Å²) in [7, 11) is 0. The Morgan fingerprint density at radius 3 is 2.12 bits per heavy atom. The summed E-state index contributed by atoms with van der Waals surface area (Å²) in [6.07, 6.45) is -8.37. The molecule has 4 nitrogen and oxygen atoms in total. The highest BCUT2D eigenvalue weighted by molar-refractivity contribution is 5.85. The summed E-state index contributed by atoms with van der Waals surface area (Å²) in [5, 5.41) is 0. The zero-order valence-electron chi connectivity index (χ0n) is 13.6. The molecule has 0 spiro atoms. The number of carbonyl (C=O) groups is 1. The maximum Gasteiger partial charge on any atom is 0.433 e. The number of rotatable bonds is 3. The molecule has 26 heavy (non-hydrogen) atoms. The summed E-state index contributed by atoms with van der Waals surface area (Å²) in [5.41, 5.74) is 1.37. The van der Waals surface area contributed by atoms with Gasteiger partial charge >= 0.3 is 6.18 Å². The Labute approximate surface area is 148 Å². The van der Waals surface area contributed by atoms with Crippen molar-refractivity contribution in [3.63, 3.8) is 0 Å². The number of hydrogen-bond acceptors (Lipinski definition) is 3. The molecule has 0 saturated carbocycles. The van der Waals surface area contributed by atoms with Crippen LogP contribution in [0, 0.1) is 0 Å². The average molecular weight is 363 g/mol. The predicted molar refractivity (Wildman–Crippen MR) is 85.9 cm³/mol. The van der Waals surface area contributed by atoms with E-state index in [9.17, 15) is 18.0 Å². The molecule has 4 atom stereocenters. The van der Waals surface area contributed by atoms with Crippen molar-refractivity contribution in [2.45, 2.75) is 30.7 Å². The van der Waals surface area contributed by atoms with Gasteiger partial charge < -0.3 is 9.47 Å². The van der Waals surface area contributed by atoms with Crippen LogP contribution < -0.4 is 0 Å². The first-order valence-electron chi connectivity index (χ1n) is 8.22. The van der Waals surface area contributed by atoms with Gasteiger partial charge in [-0.1, -0.05) is 60.7 Å². The molecule has 0 aromatic heterocycles. The topological polar surface area (TPSA) is 42.1 Å². The molecule has 2 heterocycles. The lowest BCUT2D eigenvalue weighted by Crippen LogP contribution is -2.48. The number of ether oxygens (including phenoxy) is 2. The fourth-order valence-corrected chi connectivity index (χ4v) is 3.30. The number of alkyl halides is 3. The predicted octanol–water partition coefficient (Wildman–Crippen LogP) is 3.62. The lowest BCUT2D eigenvalue weighted by Gasteiger charge is -2.29. The van der Waals surface area contributed by atoms with Crippen molar-refractivity contribution in [3.05, 3.63) is 71.8 Å². The van der Waals surface area contributed by atoms with Gasteiger partial charge in [-0.2, -0.15) is 13.2 Å². The Balaban J connectivity index is 1.60. The van der Waals surface area contributed by atoms with E-state index in [1.54, 1.807) is 54.6 Å². The van der Waals surface area contributed by atoms with Gasteiger partial charge in [-0.3, -0.25) is 9.69 Å². The fraction of sp³-hybridized carbons (Fsp3) is 0.316. The van der Waals surface area contributed by atoms with Crippen LogP contribution in [0.15, 0.2) is 60.7 Å². The van der Waals surface area contributed by atoms with Crippen LogP contribution in [-0.2, 0) is 14.3 Å². The minimum absolute atomic E-state index is 0.206. The van der Waals surface area contributed by atoms with Gasteiger partial charge in [0.1, 0.15) is 6.10 Å². The van der Waals surface area contributed by atoms with Crippen LogP contribution in [-0.4, -0.2) is 35.9 Å². The maximum absolute atomic E-state index is 13.4. The van der Waals surface area contributed by atoms with Crippen molar-refractivity contribution in [1.82, 2.24) is 4.90 Å². The lowest BCUT2D eigenvalue weighted by atomic mass is 10.0. The Hall–Kier alpha value is -2.38. The van der Waals surface area contributed by atoms with Gasteiger partial charge in [0.2, 0.25) is 6.23 Å². The molecule has 1 amide bonds.